The average Bonchev–Trinajstić information content (AvgIpc) is 2.53. The number of esters is 1. The third-order valence-electron chi connectivity index (χ3n) is 2.98. The van der Waals surface area contributed by atoms with Gasteiger partial charge in [0.05, 0.1) is 7.11 Å². The molecule has 112 valence electrons. The van der Waals surface area contributed by atoms with Gasteiger partial charge in [0.1, 0.15) is 6.04 Å². The number of ether oxygens (including phenoxy) is 1. The van der Waals surface area contributed by atoms with Gasteiger partial charge in [-0.2, -0.15) is 0 Å². The van der Waals surface area contributed by atoms with Crippen LogP contribution in [0.25, 0.3) is 0 Å². The van der Waals surface area contributed by atoms with E-state index >= 15 is 0 Å². The van der Waals surface area contributed by atoms with Crippen LogP contribution in [0.3, 0.4) is 0 Å². The number of amides is 1. The van der Waals surface area contributed by atoms with Crippen LogP contribution in [0.1, 0.15) is 30.9 Å². The van der Waals surface area contributed by atoms with Crippen molar-refractivity contribution in [3.8, 4) is 12.3 Å². The molecular formula is C16H19NO4. The highest BCUT2D eigenvalue weighted by atomic mass is 16.5. The van der Waals surface area contributed by atoms with E-state index in [-0.39, 0.29) is 0 Å². The molecule has 0 fully saturated rings. The lowest BCUT2D eigenvalue weighted by Crippen LogP contribution is -2.43. The number of nitrogens with one attached hydrogen (secondary N) is 1. The Hall–Kier alpha value is -2.32. The molecule has 21 heavy (non-hydrogen) atoms. The number of hydrogen-bond donors (Lipinski definition) is 2. The number of terminal acetylenes is 1. The van der Waals surface area contributed by atoms with Crippen molar-refractivity contribution in [2.24, 2.45) is 0 Å². The number of benzene rings is 1. The first-order chi connectivity index (χ1) is 10.1. The van der Waals surface area contributed by atoms with Gasteiger partial charge in [0.15, 0.2) is 6.10 Å². The van der Waals surface area contributed by atoms with Gasteiger partial charge in [-0.15, -0.1) is 12.3 Å². The minimum atomic E-state index is -1.33. The van der Waals surface area contributed by atoms with E-state index in [1.54, 1.807) is 30.3 Å². The largest absolute Gasteiger partial charge is 0.467 e. The summed E-state index contributed by atoms with van der Waals surface area (Å²) >= 11 is 0. The van der Waals surface area contributed by atoms with Crippen molar-refractivity contribution in [2.75, 3.05) is 7.11 Å². The van der Waals surface area contributed by atoms with Crippen molar-refractivity contribution in [1.82, 2.24) is 5.32 Å². The first-order valence-electron chi connectivity index (χ1n) is 6.64. The van der Waals surface area contributed by atoms with Crippen LogP contribution in [0, 0.1) is 12.3 Å². The number of unbranched alkanes of at least 4 members (excludes halogenated alkanes) is 1. The van der Waals surface area contributed by atoms with E-state index in [2.05, 4.69) is 16.0 Å². The van der Waals surface area contributed by atoms with Gasteiger partial charge in [0.25, 0.3) is 5.91 Å². The molecule has 2 atom stereocenters. The Morgan fingerprint density at radius 3 is 2.62 bits per heavy atom. The highest BCUT2D eigenvalue weighted by Crippen LogP contribution is 2.13. The lowest BCUT2D eigenvalue weighted by atomic mass is 10.1. The Labute approximate surface area is 124 Å². The molecule has 0 heterocycles. The van der Waals surface area contributed by atoms with Crippen molar-refractivity contribution in [1.29, 1.82) is 0 Å². The summed E-state index contributed by atoms with van der Waals surface area (Å²) in [5.41, 5.74) is 0.460. The first-order valence-corrected chi connectivity index (χ1v) is 6.64. The minimum Gasteiger partial charge on any atom is -0.467 e. The molecule has 2 N–H and O–H groups in total. The monoisotopic (exact) mass is 289 g/mol. The molecule has 1 amide bonds. The number of hydrogen-bond acceptors (Lipinski definition) is 4. The number of carbonyl (C=O) groups excluding carboxylic acids is 2. The zero-order valence-electron chi connectivity index (χ0n) is 11.9. The molecule has 0 aromatic heterocycles. The molecule has 0 spiro atoms. The Morgan fingerprint density at radius 1 is 1.38 bits per heavy atom. The predicted octanol–water partition coefficient (Wildman–Crippen LogP) is 1.18. The van der Waals surface area contributed by atoms with E-state index in [9.17, 15) is 14.7 Å². The van der Waals surface area contributed by atoms with Crippen molar-refractivity contribution < 1.29 is 19.4 Å². The van der Waals surface area contributed by atoms with E-state index in [1.165, 1.54) is 7.11 Å². The lowest BCUT2D eigenvalue weighted by molar-refractivity contribution is -0.146. The standard InChI is InChI=1S/C16H19NO4/c1-3-4-6-11-13(16(20)21-2)17-15(19)14(18)12-9-7-5-8-10-12/h1,5,7-10,13-14,18H,4,6,11H2,2H3,(H,17,19)/t13-,14+/m1/s1. The highest BCUT2D eigenvalue weighted by Gasteiger charge is 2.25. The van der Waals surface area contributed by atoms with Gasteiger partial charge in [-0.05, 0) is 18.4 Å². The number of aliphatic hydroxyl groups excluding tert-OH is 1. The molecular weight excluding hydrogens is 270 g/mol. The molecule has 1 rings (SSSR count). The maximum atomic E-state index is 12.0. The smallest absolute Gasteiger partial charge is 0.328 e. The van der Waals surface area contributed by atoms with Crippen LogP contribution in [0.5, 0.6) is 0 Å². The molecule has 1 aromatic rings. The quantitative estimate of drug-likeness (QED) is 0.449. The van der Waals surface area contributed by atoms with E-state index in [0.29, 0.717) is 24.8 Å². The molecule has 0 aliphatic heterocycles. The van der Waals surface area contributed by atoms with E-state index in [0.717, 1.165) is 0 Å². The van der Waals surface area contributed by atoms with Gasteiger partial charge in [-0.25, -0.2) is 4.79 Å². The third kappa shape index (κ3) is 5.28. The Kier molecular flexibility index (Phi) is 6.99. The van der Waals surface area contributed by atoms with E-state index in [1.807, 2.05) is 0 Å². The number of carbonyl (C=O) groups is 2. The third-order valence-corrected chi connectivity index (χ3v) is 2.98. The second-order valence-corrected chi connectivity index (χ2v) is 4.49. The average molecular weight is 289 g/mol. The lowest BCUT2D eigenvalue weighted by Gasteiger charge is -2.18. The molecule has 0 unspecified atom stereocenters. The van der Waals surface area contributed by atoms with E-state index < -0.39 is 24.0 Å². The van der Waals surface area contributed by atoms with Gasteiger partial charge in [0.2, 0.25) is 0 Å². The van der Waals surface area contributed by atoms with Crippen LogP contribution in [0.2, 0.25) is 0 Å². The maximum Gasteiger partial charge on any atom is 0.328 e. The molecule has 0 saturated heterocycles. The predicted molar refractivity (Wildman–Crippen MR) is 78.0 cm³/mol. The highest BCUT2D eigenvalue weighted by molar-refractivity contribution is 5.87. The summed E-state index contributed by atoms with van der Waals surface area (Å²) < 4.78 is 4.64. The zero-order valence-corrected chi connectivity index (χ0v) is 11.9. The summed E-state index contributed by atoms with van der Waals surface area (Å²) in [6.45, 7) is 0. The topological polar surface area (TPSA) is 75.6 Å². The fourth-order valence-electron chi connectivity index (χ4n) is 1.84. The normalized spacial score (nSPS) is 12.8. The van der Waals surface area contributed by atoms with Gasteiger partial charge < -0.3 is 15.2 Å². The molecule has 0 aliphatic carbocycles. The molecule has 5 heteroatoms. The van der Waals surface area contributed by atoms with Gasteiger partial charge in [-0.1, -0.05) is 30.3 Å². The second kappa shape index (κ2) is 8.77. The van der Waals surface area contributed by atoms with Crippen LogP contribution in [-0.2, 0) is 14.3 Å². The maximum absolute atomic E-state index is 12.0. The Balaban J connectivity index is 2.67. The van der Waals surface area contributed by atoms with Gasteiger partial charge >= 0.3 is 5.97 Å². The fourth-order valence-corrected chi connectivity index (χ4v) is 1.84. The number of aliphatic hydroxyl groups is 1. The summed E-state index contributed by atoms with van der Waals surface area (Å²) in [4.78, 5) is 23.6. The summed E-state index contributed by atoms with van der Waals surface area (Å²) in [5, 5.41) is 12.5. The van der Waals surface area contributed by atoms with Crippen molar-refractivity contribution >= 4 is 11.9 Å². The van der Waals surface area contributed by atoms with Crippen molar-refractivity contribution in [3.05, 3.63) is 35.9 Å². The van der Waals surface area contributed by atoms with Gasteiger partial charge in [-0.3, -0.25) is 4.79 Å². The molecule has 5 nitrogen and oxygen atoms in total. The molecule has 0 radical (unpaired) electrons. The summed E-state index contributed by atoms with van der Waals surface area (Å²) in [6, 6.07) is 7.68. The van der Waals surface area contributed by atoms with Crippen molar-refractivity contribution in [2.45, 2.75) is 31.4 Å². The first kappa shape index (κ1) is 16.7. The minimum absolute atomic E-state index is 0.365. The Morgan fingerprint density at radius 2 is 2.05 bits per heavy atom. The molecule has 1 aromatic carbocycles. The fraction of sp³-hybridized carbons (Fsp3) is 0.375. The number of methoxy groups -OCH3 is 1. The van der Waals surface area contributed by atoms with Crippen LogP contribution < -0.4 is 5.32 Å². The van der Waals surface area contributed by atoms with Crippen LogP contribution >= 0.6 is 0 Å². The molecule has 0 saturated carbocycles. The zero-order chi connectivity index (χ0) is 15.7. The van der Waals surface area contributed by atoms with Crippen LogP contribution in [0.15, 0.2) is 30.3 Å². The number of rotatable bonds is 7. The second-order valence-electron chi connectivity index (χ2n) is 4.49. The van der Waals surface area contributed by atoms with Crippen LogP contribution in [0.4, 0.5) is 0 Å². The van der Waals surface area contributed by atoms with Crippen molar-refractivity contribution in [3.63, 3.8) is 0 Å². The van der Waals surface area contributed by atoms with Gasteiger partial charge in [0, 0.05) is 6.42 Å². The summed E-state index contributed by atoms with van der Waals surface area (Å²) in [7, 11) is 1.25. The van der Waals surface area contributed by atoms with Crippen LogP contribution in [-0.4, -0.2) is 30.1 Å². The SMILES string of the molecule is C#CCCC[C@@H](NC(=O)[C@@H](O)c1ccccc1)C(=O)OC. The summed E-state index contributed by atoms with van der Waals surface area (Å²) in [6.07, 6.45) is 5.28. The Bertz CT molecular complexity index is 507. The molecule has 0 bridgehead atoms. The van der Waals surface area contributed by atoms with E-state index in [4.69, 9.17) is 6.42 Å². The molecule has 0 aliphatic rings. The summed E-state index contributed by atoms with van der Waals surface area (Å²) in [5.74, 6) is 1.27.